The molecule has 4 aromatic rings. The SMILES string of the molecule is Cc1ccc(N)cc1Nc1nccc(-c2ccc(-n3ccnc3)cc2)n1. The molecular formula is C20H18N6. The first-order valence-corrected chi connectivity index (χ1v) is 8.24. The number of imidazole rings is 1. The van der Waals surface area contributed by atoms with Crippen molar-refractivity contribution in [1.29, 1.82) is 0 Å². The molecule has 0 fully saturated rings. The summed E-state index contributed by atoms with van der Waals surface area (Å²) in [4.78, 5) is 13.0. The van der Waals surface area contributed by atoms with Gasteiger partial charge in [0.15, 0.2) is 0 Å². The van der Waals surface area contributed by atoms with Gasteiger partial charge in [-0.25, -0.2) is 15.0 Å². The summed E-state index contributed by atoms with van der Waals surface area (Å²) in [5, 5.41) is 3.24. The van der Waals surface area contributed by atoms with Crippen molar-refractivity contribution < 1.29 is 0 Å². The molecule has 2 aromatic heterocycles. The number of nitrogens with two attached hydrogens (primary N) is 1. The molecule has 0 saturated heterocycles. The zero-order valence-electron chi connectivity index (χ0n) is 14.3. The number of nitrogen functional groups attached to an aromatic ring is 1. The van der Waals surface area contributed by atoms with Gasteiger partial charge in [0.05, 0.1) is 12.0 Å². The van der Waals surface area contributed by atoms with E-state index in [1.165, 1.54) is 0 Å². The van der Waals surface area contributed by atoms with Gasteiger partial charge in [-0.05, 0) is 42.8 Å². The van der Waals surface area contributed by atoms with Crippen molar-refractivity contribution in [3.63, 3.8) is 0 Å². The molecule has 0 atom stereocenters. The van der Waals surface area contributed by atoms with E-state index < -0.39 is 0 Å². The Bertz CT molecular complexity index is 1020. The molecule has 2 heterocycles. The Hall–Kier alpha value is -3.67. The van der Waals surface area contributed by atoms with E-state index in [9.17, 15) is 0 Å². The second kappa shape index (κ2) is 6.68. The number of nitrogens with one attached hydrogen (secondary N) is 1. The summed E-state index contributed by atoms with van der Waals surface area (Å²) in [6.45, 7) is 2.01. The molecule has 0 aliphatic carbocycles. The molecule has 26 heavy (non-hydrogen) atoms. The molecule has 4 rings (SSSR count). The lowest BCUT2D eigenvalue weighted by atomic mass is 10.1. The third kappa shape index (κ3) is 3.25. The number of aromatic nitrogens is 4. The van der Waals surface area contributed by atoms with Crippen molar-refractivity contribution in [3.05, 3.63) is 79.0 Å². The lowest BCUT2D eigenvalue weighted by Gasteiger charge is -2.10. The van der Waals surface area contributed by atoms with Crippen LogP contribution in [0.2, 0.25) is 0 Å². The third-order valence-electron chi connectivity index (χ3n) is 4.13. The molecule has 0 spiro atoms. The van der Waals surface area contributed by atoms with Crippen molar-refractivity contribution >= 4 is 17.3 Å². The highest BCUT2D eigenvalue weighted by atomic mass is 15.1. The summed E-state index contributed by atoms with van der Waals surface area (Å²) in [5.74, 6) is 0.537. The van der Waals surface area contributed by atoms with Crippen LogP contribution in [0.3, 0.4) is 0 Å². The zero-order chi connectivity index (χ0) is 17.9. The molecule has 3 N–H and O–H groups in total. The molecule has 0 amide bonds. The molecule has 0 saturated carbocycles. The molecule has 6 nitrogen and oxygen atoms in total. The van der Waals surface area contributed by atoms with Crippen molar-refractivity contribution in [3.8, 4) is 16.9 Å². The van der Waals surface area contributed by atoms with E-state index >= 15 is 0 Å². The van der Waals surface area contributed by atoms with Crippen LogP contribution in [0.25, 0.3) is 16.9 Å². The summed E-state index contributed by atoms with van der Waals surface area (Å²) >= 11 is 0. The number of hydrogen-bond acceptors (Lipinski definition) is 5. The smallest absolute Gasteiger partial charge is 0.227 e. The van der Waals surface area contributed by atoms with Gasteiger partial charge in [0, 0.05) is 41.2 Å². The molecule has 0 aliphatic rings. The van der Waals surface area contributed by atoms with Gasteiger partial charge in [-0.15, -0.1) is 0 Å². The van der Waals surface area contributed by atoms with Gasteiger partial charge in [-0.3, -0.25) is 0 Å². The average Bonchev–Trinajstić information content (AvgIpc) is 3.20. The Labute approximate surface area is 151 Å². The van der Waals surface area contributed by atoms with E-state index in [0.717, 1.165) is 28.2 Å². The molecule has 0 bridgehead atoms. The predicted octanol–water partition coefficient (Wildman–Crippen LogP) is 3.96. The number of rotatable bonds is 4. The maximum atomic E-state index is 5.87. The van der Waals surface area contributed by atoms with Crippen LogP contribution in [0, 0.1) is 6.92 Å². The molecular weight excluding hydrogens is 324 g/mol. The second-order valence-electron chi connectivity index (χ2n) is 5.98. The van der Waals surface area contributed by atoms with Crippen LogP contribution in [0.5, 0.6) is 0 Å². The van der Waals surface area contributed by atoms with Gasteiger partial charge in [-0.1, -0.05) is 18.2 Å². The lowest BCUT2D eigenvalue weighted by molar-refractivity contribution is 1.06. The lowest BCUT2D eigenvalue weighted by Crippen LogP contribution is -2.00. The highest BCUT2D eigenvalue weighted by Crippen LogP contribution is 2.23. The summed E-state index contributed by atoms with van der Waals surface area (Å²) in [6, 6.07) is 15.8. The summed E-state index contributed by atoms with van der Waals surface area (Å²) in [5.41, 5.74) is 11.5. The van der Waals surface area contributed by atoms with Crippen molar-refractivity contribution in [2.75, 3.05) is 11.1 Å². The Balaban J connectivity index is 1.60. The molecule has 2 aromatic carbocycles. The Morgan fingerprint density at radius 2 is 1.85 bits per heavy atom. The first-order chi connectivity index (χ1) is 12.7. The fourth-order valence-corrected chi connectivity index (χ4v) is 2.69. The minimum absolute atomic E-state index is 0.537. The largest absolute Gasteiger partial charge is 0.399 e. The van der Waals surface area contributed by atoms with Gasteiger partial charge in [0.1, 0.15) is 0 Å². The average molecular weight is 342 g/mol. The van der Waals surface area contributed by atoms with Gasteiger partial charge in [-0.2, -0.15) is 0 Å². The molecule has 0 aliphatic heterocycles. The number of anilines is 3. The van der Waals surface area contributed by atoms with Crippen LogP contribution < -0.4 is 11.1 Å². The number of benzene rings is 2. The summed E-state index contributed by atoms with van der Waals surface area (Å²) in [6.07, 6.45) is 7.19. The Kier molecular flexibility index (Phi) is 4.07. The number of nitrogens with zero attached hydrogens (tertiary/aromatic N) is 4. The Morgan fingerprint density at radius 1 is 1.00 bits per heavy atom. The molecule has 0 unspecified atom stereocenters. The van der Waals surface area contributed by atoms with Crippen LogP contribution >= 0.6 is 0 Å². The van der Waals surface area contributed by atoms with Crippen LogP contribution in [0.1, 0.15) is 5.56 Å². The third-order valence-corrected chi connectivity index (χ3v) is 4.13. The highest BCUT2D eigenvalue weighted by molar-refractivity contribution is 5.66. The Morgan fingerprint density at radius 3 is 2.62 bits per heavy atom. The quantitative estimate of drug-likeness (QED) is 0.549. The fourth-order valence-electron chi connectivity index (χ4n) is 2.69. The first kappa shape index (κ1) is 15.8. The molecule has 6 heteroatoms. The van der Waals surface area contributed by atoms with Crippen LogP contribution in [-0.4, -0.2) is 19.5 Å². The van der Waals surface area contributed by atoms with Crippen LogP contribution in [0.15, 0.2) is 73.4 Å². The van der Waals surface area contributed by atoms with E-state index in [-0.39, 0.29) is 0 Å². The van der Waals surface area contributed by atoms with Crippen molar-refractivity contribution in [2.45, 2.75) is 6.92 Å². The number of hydrogen-bond donors (Lipinski definition) is 2. The van der Waals surface area contributed by atoms with Gasteiger partial charge < -0.3 is 15.6 Å². The highest BCUT2D eigenvalue weighted by Gasteiger charge is 2.05. The van der Waals surface area contributed by atoms with E-state index in [0.29, 0.717) is 11.6 Å². The number of aryl methyl sites for hydroxylation is 1. The standard InChI is InChI=1S/C20H18N6/c1-14-2-5-16(21)12-19(14)25-20-23-9-8-18(24-20)15-3-6-17(7-4-15)26-11-10-22-13-26/h2-13H,21H2,1H3,(H,23,24,25). The van der Waals surface area contributed by atoms with Crippen molar-refractivity contribution in [1.82, 2.24) is 19.5 Å². The van der Waals surface area contributed by atoms with E-state index in [1.54, 1.807) is 18.7 Å². The minimum atomic E-state index is 0.537. The van der Waals surface area contributed by atoms with Gasteiger partial charge in [0.25, 0.3) is 0 Å². The zero-order valence-corrected chi connectivity index (χ0v) is 14.3. The minimum Gasteiger partial charge on any atom is -0.399 e. The molecule has 0 radical (unpaired) electrons. The maximum Gasteiger partial charge on any atom is 0.227 e. The predicted molar refractivity (Wildman–Crippen MR) is 103 cm³/mol. The summed E-state index contributed by atoms with van der Waals surface area (Å²) in [7, 11) is 0. The maximum absolute atomic E-state index is 5.87. The summed E-state index contributed by atoms with van der Waals surface area (Å²) < 4.78 is 1.96. The van der Waals surface area contributed by atoms with Gasteiger partial charge in [0.2, 0.25) is 5.95 Å². The normalized spacial score (nSPS) is 10.7. The van der Waals surface area contributed by atoms with Crippen LogP contribution in [-0.2, 0) is 0 Å². The van der Waals surface area contributed by atoms with E-state index in [1.807, 2.05) is 66.2 Å². The van der Waals surface area contributed by atoms with Crippen LogP contribution in [0.4, 0.5) is 17.3 Å². The first-order valence-electron chi connectivity index (χ1n) is 8.24. The van der Waals surface area contributed by atoms with Gasteiger partial charge >= 0.3 is 0 Å². The second-order valence-corrected chi connectivity index (χ2v) is 5.98. The van der Waals surface area contributed by atoms with E-state index in [2.05, 4.69) is 20.3 Å². The van der Waals surface area contributed by atoms with Crippen molar-refractivity contribution in [2.24, 2.45) is 0 Å². The fraction of sp³-hybridized carbons (Fsp3) is 0.0500. The molecule has 128 valence electrons. The van der Waals surface area contributed by atoms with E-state index in [4.69, 9.17) is 5.73 Å². The topological polar surface area (TPSA) is 81.6 Å². The monoisotopic (exact) mass is 342 g/mol.